The number of aromatic nitrogens is 3. The van der Waals surface area contributed by atoms with Crippen molar-refractivity contribution in [1.29, 1.82) is 0 Å². The predicted molar refractivity (Wildman–Crippen MR) is 91.2 cm³/mol. The van der Waals surface area contributed by atoms with Gasteiger partial charge in [-0.3, -0.25) is 9.36 Å². The summed E-state index contributed by atoms with van der Waals surface area (Å²) in [4.78, 5) is 23.8. The van der Waals surface area contributed by atoms with E-state index < -0.39 is 0 Å². The average Bonchev–Trinajstić information content (AvgIpc) is 2.83. The fourth-order valence-electron chi connectivity index (χ4n) is 1.80. The molecule has 0 spiro atoms. The van der Waals surface area contributed by atoms with Crippen LogP contribution in [0.5, 0.6) is 0 Å². The Bertz CT molecular complexity index is 696. The topological polar surface area (TPSA) is 79.8 Å². The minimum absolute atomic E-state index is 0.134. The number of benzene rings is 1. The molecule has 0 aliphatic rings. The first-order valence-electron chi connectivity index (χ1n) is 6.89. The molecule has 0 fully saturated rings. The Morgan fingerprint density at radius 3 is 2.77 bits per heavy atom. The normalized spacial score (nSPS) is 12.1. The molecule has 0 aliphatic carbocycles. The third-order valence-electron chi connectivity index (χ3n) is 2.93. The molecular formula is C14H17BrN4O2S. The van der Waals surface area contributed by atoms with Crippen molar-refractivity contribution in [3.8, 4) is 0 Å². The van der Waals surface area contributed by atoms with Gasteiger partial charge in [0, 0.05) is 16.7 Å². The van der Waals surface area contributed by atoms with Crippen LogP contribution in [0.3, 0.4) is 0 Å². The van der Waals surface area contributed by atoms with Crippen molar-refractivity contribution in [2.24, 2.45) is 0 Å². The number of hydrogen-bond acceptors (Lipinski definition) is 4. The number of carbonyl (C=O) groups excluding carboxylic acids is 1. The molecule has 0 saturated heterocycles. The van der Waals surface area contributed by atoms with Gasteiger partial charge in [-0.15, -0.1) is 5.10 Å². The Hall–Kier alpha value is -1.54. The van der Waals surface area contributed by atoms with Crippen molar-refractivity contribution < 1.29 is 4.79 Å². The van der Waals surface area contributed by atoms with Gasteiger partial charge >= 0.3 is 5.69 Å². The molecule has 2 aromatic rings. The SMILES string of the molecule is CCCn1c(S[C@H](C)C(=O)Nc2ccc(Br)cc2)n[nH]c1=O. The number of thioether (sulfide) groups is 1. The van der Waals surface area contributed by atoms with Gasteiger partial charge < -0.3 is 5.32 Å². The largest absolute Gasteiger partial charge is 0.343 e. The highest BCUT2D eigenvalue weighted by Crippen LogP contribution is 2.22. The molecule has 8 heteroatoms. The smallest absolute Gasteiger partial charge is 0.325 e. The van der Waals surface area contributed by atoms with E-state index in [0.29, 0.717) is 11.7 Å². The molecule has 1 amide bonds. The Balaban J connectivity index is 2.02. The summed E-state index contributed by atoms with van der Waals surface area (Å²) >= 11 is 4.61. The van der Waals surface area contributed by atoms with E-state index in [1.54, 1.807) is 11.5 Å². The zero-order valence-corrected chi connectivity index (χ0v) is 14.7. The Kier molecular flexibility index (Phi) is 5.84. The molecule has 1 aromatic carbocycles. The number of anilines is 1. The third kappa shape index (κ3) is 4.23. The van der Waals surface area contributed by atoms with E-state index in [1.165, 1.54) is 11.8 Å². The lowest BCUT2D eigenvalue weighted by atomic mass is 10.3. The zero-order valence-electron chi connectivity index (χ0n) is 12.3. The molecule has 0 radical (unpaired) electrons. The van der Waals surface area contributed by atoms with Crippen LogP contribution in [-0.4, -0.2) is 25.9 Å². The number of H-pyrrole nitrogens is 1. The van der Waals surface area contributed by atoms with E-state index in [4.69, 9.17) is 0 Å². The fourth-order valence-corrected chi connectivity index (χ4v) is 2.95. The van der Waals surface area contributed by atoms with E-state index in [9.17, 15) is 9.59 Å². The lowest BCUT2D eigenvalue weighted by Gasteiger charge is -2.12. The predicted octanol–water partition coefficient (Wildman–Crippen LogP) is 2.86. The van der Waals surface area contributed by atoms with Gasteiger partial charge in [-0.25, -0.2) is 9.89 Å². The molecule has 1 heterocycles. The van der Waals surface area contributed by atoms with Gasteiger partial charge in [0.15, 0.2) is 5.16 Å². The first kappa shape index (κ1) is 16.8. The standard InChI is InChI=1S/C14H17BrN4O2S/c1-3-8-19-13(21)17-18-14(19)22-9(2)12(20)16-11-6-4-10(15)5-7-11/h4-7,9H,3,8H2,1-2H3,(H,16,20)(H,17,21)/t9-/m1/s1. The van der Waals surface area contributed by atoms with Gasteiger partial charge in [0.05, 0.1) is 5.25 Å². The van der Waals surface area contributed by atoms with Gasteiger partial charge in [-0.05, 0) is 37.6 Å². The molecule has 22 heavy (non-hydrogen) atoms. The van der Waals surface area contributed by atoms with Gasteiger partial charge in [0.2, 0.25) is 5.91 Å². The zero-order chi connectivity index (χ0) is 16.1. The summed E-state index contributed by atoms with van der Waals surface area (Å²) < 4.78 is 2.50. The molecule has 0 saturated carbocycles. The molecule has 118 valence electrons. The maximum atomic E-state index is 12.2. The monoisotopic (exact) mass is 384 g/mol. The number of halogens is 1. The summed E-state index contributed by atoms with van der Waals surface area (Å²) in [5.74, 6) is -0.134. The summed E-state index contributed by atoms with van der Waals surface area (Å²) in [6.45, 7) is 4.35. The van der Waals surface area contributed by atoms with E-state index in [1.807, 2.05) is 31.2 Å². The van der Waals surface area contributed by atoms with Crippen LogP contribution in [0.15, 0.2) is 38.7 Å². The molecule has 1 aromatic heterocycles. The number of hydrogen-bond donors (Lipinski definition) is 2. The van der Waals surface area contributed by atoms with Crippen molar-refractivity contribution in [2.45, 2.75) is 37.2 Å². The number of amides is 1. The fraction of sp³-hybridized carbons (Fsp3) is 0.357. The molecule has 2 N–H and O–H groups in total. The van der Waals surface area contributed by atoms with Gasteiger partial charge in [-0.2, -0.15) is 0 Å². The van der Waals surface area contributed by atoms with Crippen molar-refractivity contribution in [3.63, 3.8) is 0 Å². The van der Waals surface area contributed by atoms with Crippen molar-refractivity contribution in [2.75, 3.05) is 5.32 Å². The summed E-state index contributed by atoms with van der Waals surface area (Å²) in [5, 5.41) is 9.41. The summed E-state index contributed by atoms with van der Waals surface area (Å²) in [5.41, 5.74) is 0.485. The molecule has 0 aliphatic heterocycles. The first-order valence-corrected chi connectivity index (χ1v) is 8.56. The first-order chi connectivity index (χ1) is 10.5. The van der Waals surface area contributed by atoms with Gasteiger partial charge in [0.1, 0.15) is 0 Å². The Morgan fingerprint density at radius 1 is 1.45 bits per heavy atom. The molecule has 2 rings (SSSR count). The second-order valence-corrected chi connectivity index (χ2v) is 6.94. The van der Waals surface area contributed by atoms with Crippen LogP contribution in [0.1, 0.15) is 20.3 Å². The van der Waals surface area contributed by atoms with Crippen molar-refractivity contribution in [3.05, 3.63) is 39.2 Å². The van der Waals surface area contributed by atoms with Gasteiger partial charge in [0.25, 0.3) is 0 Å². The third-order valence-corrected chi connectivity index (χ3v) is 4.55. The number of nitrogens with zero attached hydrogens (tertiary/aromatic N) is 2. The summed E-state index contributed by atoms with van der Waals surface area (Å²) in [6, 6.07) is 7.36. The Morgan fingerprint density at radius 2 is 2.14 bits per heavy atom. The maximum Gasteiger partial charge on any atom is 0.343 e. The lowest BCUT2D eigenvalue weighted by molar-refractivity contribution is -0.115. The van der Waals surface area contributed by atoms with Crippen LogP contribution in [0.2, 0.25) is 0 Å². The molecular weight excluding hydrogens is 368 g/mol. The maximum absolute atomic E-state index is 12.2. The van der Waals surface area contributed by atoms with Crippen LogP contribution in [0.4, 0.5) is 5.69 Å². The number of rotatable bonds is 6. The number of aromatic amines is 1. The molecule has 0 unspecified atom stereocenters. The molecule has 0 bridgehead atoms. The van der Waals surface area contributed by atoms with Crippen LogP contribution in [0, 0.1) is 0 Å². The van der Waals surface area contributed by atoms with E-state index >= 15 is 0 Å². The van der Waals surface area contributed by atoms with Gasteiger partial charge in [-0.1, -0.05) is 34.6 Å². The molecule has 6 nitrogen and oxygen atoms in total. The van der Waals surface area contributed by atoms with Crippen LogP contribution >= 0.6 is 27.7 Å². The highest BCUT2D eigenvalue weighted by Gasteiger charge is 2.18. The minimum atomic E-state index is -0.366. The molecule has 1 atom stereocenters. The van der Waals surface area contributed by atoms with Crippen molar-refractivity contribution in [1.82, 2.24) is 14.8 Å². The summed E-state index contributed by atoms with van der Waals surface area (Å²) in [7, 11) is 0. The Labute approximate surface area is 140 Å². The van der Waals surface area contributed by atoms with Crippen LogP contribution < -0.4 is 11.0 Å². The van der Waals surface area contributed by atoms with Crippen LogP contribution in [-0.2, 0) is 11.3 Å². The minimum Gasteiger partial charge on any atom is -0.325 e. The quantitative estimate of drug-likeness (QED) is 0.750. The van der Waals surface area contributed by atoms with Crippen molar-refractivity contribution >= 4 is 39.3 Å². The highest BCUT2D eigenvalue weighted by atomic mass is 79.9. The van der Waals surface area contributed by atoms with E-state index in [-0.39, 0.29) is 16.8 Å². The van der Waals surface area contributed by atoms with E-state index in [2.05, 4.69) is 31.4 Å². The van der Waals surface area contributed by atoms with Crippen LogP contribution in [0.25, 0.3) is 0 Å². The summed E-state index contributed by atoms with van der Waals surface area (Å²) in [6.07, 6.45) is 0.826. The number of carbonyl (C=O) groups is 1. The second-order valence-electron chi connectivity index (χ2n) is 4.72. The van der Waals surface area contributed by atoms with E-state index in [0.717, 1.165) is 16.6 Å². The second kappa shape index (κ2) is 7.64. The lowest BCUT2D eigenvalue weighted by Crippen LogP contribution is -2.24. The number of nitrogens with one attached hydrogen (secondary N) is 2. The average molecular weight is 385 g/mol. The highest BCUT2D eigenvalue weighted by molar-refractivity contribution is 9.10.